The highest BCUT2D eigenvalue weighted by molar-refractivity contribution is 7.90. The van der Waals surface area contributed by atoms with Crippen molar-refractivity contribution < 1.29 is 17.9 Å². The van der Waals surface area contributed by atoms with E-state index in [9.17, 15) is 13.5 Å². The highest BCUT2D eigenvalue weighted by atomic mass is 32.2. The number of nitrogens with zero attached hydrogens (tertiary/aromatic N) is 2. The van der Waals surface area contributed by atoms with Crippen LogP contribution in [0.15, 0.2) is 82.8 Å². The van der Waals surface area contributed by atoms with Gasteiger partial charge in [-0.25, -0.2) is 12.4 Å². The molecule has 0 amide bonds. The molecule has 1 aromatic carbocycles. The van der Waals surface area contributed by atoms with Crippen LogP contribution in [0.1, 0.15) is 17.4 Å². The van der Waals surface area contributed by atoms with Crippen LogP contribution in [0.3, 0.4) is 0 Å². The largest absolute Gasteiger partial charge is 0.472 e. The van der Waals surface area contributed by atoms with Crippen molar-refractivity contribution in [2.24, 2.45) is 0 Å². The molecule has 25 heavy (non-hydrogen) atoms. The van der Waals surface area contributed by atoms with Crippen LogP contribution in [0, 0.1) is 0 Å². The number of fused-ring (bicyclic) bond motifs is 1. The summed E-state index contributed by atoms with van der Waals surface area (Å²) in [5.74, 6) is 0. The zero-order chi connectivity index (χ0) is 17.4. The standard InChI is InChI=1S/C18H14N2O4S/c21-18(14-7-9-24-12-14)16-10-13-6-8-19-11-17(13)20(16)25(22,23)15-4-2-1-3-5-15/h1-12,18,21H/t18-/m1/s1. The van der Waals surface area contributed by atoms with Crippen LogP contribution in [0.2, 0.25) is 0 Å². The van der Waals surface area contributed by atoms with Gasteiger partial charge in [0.25, 0.3) is 10.0 Å². The van der Waals surface area contributed by atoms with Gasteiger partial charge in [-0.15, -0.1) is 0 Å². The van der Waals surface area contributed by atoms with Crippen molar-refractivity contribution in [1.82, 2.24) is 8.96 Å². The highest BCUT2D eigenvalue weighted by Crippen LogP contribution is 2.31. The summed E-state index contributed by atoms with van der Waals surface area (Å²) in [7, 11) is -3.90. The topological polar surface area (TPSA) is 85.3 Å². The van der Waals surface area contributed by atoms with E-state index in [0.29, 0.717) is 16.5 Å². The van der Waals surface area contributed by atoms with Gasteiger partial charge in [0.2, 0.25) is 0 Å². The molecular weight excluding hydrogens is 340 g/mol. The molecule has 0 radical (unpaired) electrons. The Labute approximate surface area is 144 Å². The molecule has 6 nitrogen and oxygen atoms in total. The van der Waals surface area contributed by atoms with Crippen LogP contribution in [0.25, 0.3) is 10.9 Å². The Kier molecular flexibility index (Phi) is 3.67. The summed E-state index contributed by atoms with van der Waals surface area (Å²) in [5, 5.41) is 11.4. The van der Waals surface area contributed by atoms with E-state index in [-0.39, 0.29) is 10.6 Å². The van der Waals surface area contributed by atoms with Crippen molar-refractivity contribution in [1.29, 1.82) is 0 Å². The minimum absolute atomic E-state index is 0.136. The molecule has 0 saturated carbocycles. The number of pyridine rings is 1. The van der Waals surface area contributed by atoms with Gasteiger partial charge >= 0.3 is 0 Å². The monoisotopic (exact) mass is 354 g/mol. The molecule has 0 unspecified atom stereocenters. The third kappa shape index (κ3) is 2.54. The molecule has 4 rings (SSSR count). The van der Waals surface area contributed by atoms with E-state index in [2.05, 4.69) is 4.98 Å². The minimum atomic E-state index is -3.90. The zero-order valence-corrected chi connectivity index (χ0v) is 13.8. The highest BCUT2D eigenvalue weighted by Gasteiger charge is 2.27. The molecule has 0 aliphatic rings. The predicted molar refractivity (Wildman–Crippen MR) is 91.5 cm³/mol. The summed E-state index contributed by atoms with van der Waals surface area (Å²) in [6, 6.07) is 13.0. The van der Waals surface area contributed by atoms with E-state index in [1.54, 1.807) is 42.6 Å². The Morgan fingerprint density at radius 1 is 1.12 bits per heavy atom. The van der Waals surface area contributed by atoms with Gasteiger partial charge in [-0.3, -0.25) is 4.98 Å². The maximum atomic E-state index is 13.2. The first-order valence-electron chi connectivity index (χ1n) is 7.55. The zero-order valence-electron chi connectivity index (χ0n) is 13.0. The molecule has 4 aromatic rings. The van der Waals surface area contributed by atoms with Gasteiger partial charge in [-0.1, -0.05) is 18.2 Å². The average molecular weight is 354 g/mol. The number of rotatable bonds is 4. The first kappa shape index (κ1) is 15.6. The number of hydrogen-bond donors (Lipinski definition) is 1. The Balaban J connectivity index is 2.01. The molecule has 0 aliphatic heterocycles. The SMILES string of the molecule is O=S(=O)(c1ccccc1)n1c([C@H](O)c2ccoc2)cc2ccncc21. The Morgan fingerprint density at radius 2 is 1.92 bits per heavy atom. The molecule has 3 heterocycles. The van der Waals surface area contributed by atoms with Crippen molar-refractivity contribution in [2.75, 3.05) is 0 Å². The van der Waals surface area contributed by atoms with E-state index in [1.165, 1.54) is 30.9 Å². The molecule has 0 saturated heterocycles. The number of aliphatic hydroxyl groups is 1. The van der Waals surface area contributed by atoms with Gasteiger partial charge in [0, 0.05) is 17.1 Å². The molecule has 0 bridgehead atoms. The smallest absolute Gasteiger partial charge is 0.268 e. The fourth-order valence-corrected chi connectivity index (χ4v) is 4.36. The lowest BCUT2D eigenvalue weighted by Crippen LogP contribution is -2.18. The van der Waals surface area contributed by atoms with Gasteiger partial charge < -0.3 is 9.52 Å². The Morgan fingerprint density at radius 3 is 2.64 bits per heavy atom. The normalized spacial score (nSPS) is 13.2. The molecule has 1 atom stereocenters. The lowest BCUT2D eigenvalue weighted by Gasteiger charge is -2.15. The summed E-state index contributed by atoms with van der Waals surface area (Å²) >= 11 is 0. The van der Waals surface area contributed by atoms with E-state index < -0.39 is 16.1 Å². The summed E-state index contributed by atoms with van der Waals surface area (Å²) < 4.78 is 32.6. The predicted octanol–water partition coefficient (Wildman–Crippen LogP) is 2.95. The van der Waals surface area contributed by atoms with Gasteiger partial charge in [0.15, 0.2) is 0 Å². The van der Waals surface area contributed by atoms with Crippen LogP contribution in [-0.4, -0.2) is 22.5 Å². The van der Waals surface area contributed by atoms with Gasteiger partial charge in [-0.05, 0) is 30.3 Å². The Hall–Kier alpha value is -2.90. The van der Waals surface area contributed by atoms with Crippen molar-refractivity contribution in [3.05, 3.63) is 84.7 Å². The molecule has 0 spiro atoms. The van der Waals surface area contributed by atoms with Gasteiger partial charge in [0.1, 0.15) is 6.10 Å². The summed E-state index contributed by atoms with van der Waals surface area (Å²) in [6.07, 6.45) is 4.72. The van der Waals surface area contributed by atoms with Crippen molar-refractivity contribution in [3.63, 3.8) is 0 Å². The summed E-state index contributed by atoms with van der Waals surface area (Å²) in [6.45, 7) is 0. The summed E-state index contributed by atoms with van der Waals surface area (Å²) in [4.78, 5) is 4.17. The molecule has 7 heteroatoms. The summed E-state index contributed by atoms with van der Waals surface area (Å²) in [5.41, 5.74) is 1.11. The van der Waals surface area contributed by atoms with E-state index in [1.807, 2.05) is 0 Å². The third-order valence-electron chi connectivity index (χ3n) is 4.01. The lowest BCUT2D eigenvalue weighted by molar-refractivity contribution is 0.213. The van der Waals surface area contributed by atoms with Crippen LogP contribution >= 0.6 is 0 Å². The van der Waals surface area contributed by atoms with Crippen molar-refractivity contribution in [3.8, 4) is 0 Å². The first-order valence-corrected chi connectivity index (χ1v) is 8.99. The molecule has 1 N–H and O–H groups in total. The van der Waals surface area contributed by atoms with E-state index >= 15 is 0 Å². The third-order valence-corrected chi connectivity index (χ3v) is 5.77. The number of aliphatic hydroxyl groups excluding tert-OH is 1. The second-order valence-corrected chi connectivity index (χ2v) is 7.33. The number of furan rings is 1. The molecule has 0 aliphatic carbocycles. The van der Waals surface area contributed by atoms with E-state index in [0.717, 1.165) is 3.97 Å². The molecular formula is C18H14N2O4S. The number of aromatic nitrogens is 2. The van der Waals surface area contributed by atoms with Crippen LogP contribution < -0.4 is 0 Å². The fraction of sp³-hybridized carbons (Fsp3) is 0.0556. The van der Waals surface area contributed by atoms with E-state index in [4.69, 9.17) is 4.42 Å². The molecule has 0 fully saturated rings. The van der Waals surface area contributed by atoms with Crippen molar-refractivity contribution in [2.45, 2.75) is 11.0 Å². The van der Waals surface area contributed by atoms with Crippen molar-refractivity contribution >= 4 is 20.9 Å². The van der Waals surface area contributed by atoms with Crippen LogP contribution in [0.5, 0.6) is 0 Å². The van der Waals surface area contributed by atoms with Gasteiger partial charge in [-0.2, -0.15) is 0 Å². The molecule has 3 aromatic heterocycles. The maximum absolute atomic E-state index is 13.2. The lowest BCUT2D eigenvalue weighted by atomic mass is 10.1. The Bertz CT molecular complexity index is 1120. The number of benzene rings is 1. The fourth-order valence-electron chi connectivity index (χ4n) is 2.80. The average Bonchev–Trinajstić information content (AvgIpc) is 3.29. The maximum Gasteiger partial charge on any atom is 0.268 e. The second kappa shape index (κ2) is 5.87. The molecule has 126 valence electrons. The second-order valence-electron chi connectivity index (χ2n) is 5.55. The van der Waals surface area contributed by atoms with Gasteiger partial charge in [0.05, 0.1) is 34.8 Å². The van der Waals surface area contributed by atoms with Crippen LogP contribution in [0.4, 0.5) is 0 Å². The minimum Gasteiger partial charge on any atom is -0.472 e. The quantitative estimate of drug-likeness (QED) is 0.609. The van der Waals surface area contributed by atoms with Crippen LogP contribution in [-0.2, 0) is 10.0 Å². The number of hydrogen-bond acceptors (Lipinski definition) is 5. The first-order chi connectivity index (χ1) is 12.1.